The van der Waals surface area contributed by atoms with Gasteiger partial charge in [0.25, 0.3) is 0 Å². The van der Waals surface area contributed by atoms with E-state index in [1.165, 1.54) is 22.3 Å². The Morgan fingerprint density at radius 2 is 1.76 bits per heavy atom. The molecule has 1 aromatic rings. The van der Waals surface area contributed by atoms with Gasteiger partial charge in [0.05, 0.1) is 0 Å². The summed E-state index contributed by atoms with van der Waals surface area (Å²) in [7, 11) is 0. The molecule has 0 unspecified atom stereocenters. The molecule has 0 saturated heterocycles. The second kappa shape index (κ2) is 10.0. The largest absolute Gasteiger partial charge is 0.358 e. The topological polar surface area (TPSA) is 15.3 Å². The summed E-state index contributed by atoms with van der Waals surface area (Å²) in [6, 6.07) is 6.31. The Labute approximate surface area is 154 Å². The van der Waals surface area contributed by atoms with Gasteiger partial charge in [0, 0.05) is 17.9 Å². The molecule has 0 radical (unpaired) electrons. The summed E-state index contributed by atoms with van der Waals surface area (Å²) in [5.74, 6) is 0. The van der Waals surface area contributed by atoms with Crippen molar-refractivity contribution in [3.63, 3.8) is 0 Å². The van der Waals surface area contributed by atoms with Crippen molar-refractivity contribution in [1.82, 2.24) is 4.90 Å². The first-order valence-corrected chi connectivity index (χ1v) is 9.11. The fourth-order valence-electron chi connectivity index (χ4n) is 2.75. The molecular formula is C23H34N2. The molecule has 0 fully saturated rings. The molecule has 2 heteroatoms. The van der Waals surface area contributed by atoms with Crippen molar-refractivity contribution in [2.24, 2.45) is 0 Å². The zero-order valence-corrected chi connectivity index (χ0v) is 16.9. The average Bonchev–Trinajstić information content (AvgIpc) is 2.60. The van der Waals surface area contributed by atoms with Crippen LogP contribution in [0.15, 0.2) is 60.4 Å². The molecule has 0 atom stereocenters. The third-order valence-electron chi connectivity index (χ3n) is 4.75. The lowest BCUT2D eigenvalue weighted by Crippen LogP contribution is -2.27. The van der Waals surface area contributed by atoms with Crippen LogP contribution in [0.3, 0.4) is 0 Å². The molecule has 0 heterocycles. The minimum atomic E-state index is 0.858. The van der Waals surface area contributed by atoms with Crippen LogP contribution >= 0.6 is 0 Å². The molecule has 0 aliphatic rings. The van der Waals surface area contributed by atoms with Crippen molar-refractivity contribution >= 4 is 11.3 Å². The zero-order chi connectivity index (χ0) is 19.0. The van der Waals surface area contributed by atoms with E-state index in [0.717, 1.165) is 36.6 Å². The minimum absolute atomic E-state index is 0.858. The van der Waals surface area contributed by atoms with Crippen LogP contribution in [0, 0.1) is 6.92 Å². The van der Waals surface area contributed by atoms with Crippen LogP contribution in [0.4, 0.5) is 5.69 Å². The Hall–Kier alpha value is -2.06. The fourth-order valence-corrected chi connectivity index (χ4v) is 2.75. The molecule has 0 spiro atoms. The van der Waals surface area contributed by atoms with Crippen molar-refractivity contribution in [3.8, 4) is 0 Å². The van der Waals surface area contributed by atoms with Crippen LogP contribution in [0.2, 0.25) is 0 Å². The quantitative estimate of drug-likeness (QED) is 0.540. The van der Waals surface area contributed by atoms with Crippen LogP contribution in [0.1, 0.15) is 45.7 Å². The van der Waals surface area contributed by atoms with E-state index in [9.17, 15) is 0 Å². The van der Waals surface area contributed by atoms with Gasteiger partial charge in [-0.1, -0.05) is 56.9 Å². The van der Waals surface area contributed by atoms with Crippen molar-refractivity contribution in [2.75, 3.05) is 25.0 Å². The predicted molar refractivity (Wildman–Crippen MR) is 114 cm³/mol. The summed E-state index contributed by atoms with van der Waals surface area (Å²) in [4.78, 5) is 2.35. The summed E-state index contributed by atoms with van der Waals surface area (Å²) >= 11 is 0. The van der Waals surface area contributed by atoms with E-state index in [0.29, 0.717) is 0 Å². The van der Waals surface area contributed by atoms with Crippen molar-refractivity contribution < 1.29 is 0 Å². The number of allylic oxidation sites excluding steroid dienone is 5. The minimum Gasteiger partial charge on any atom is -0.358 e. The van der Waals surface area contributed by atoms with Crippen molar-refractivity contribution in [1.29, 1.82) is 0 Å². The SMILES string of the molecule is C=C(CN(CC)CC)Nc1cccc(C(=C)/C=C(C)\C(C)=C/C)c1C. The highest BCUT2D eigenvalue weighted by Crippen LogP contribution is 2.27. The number of nitrogens with one attached hydrogen (secondary N) is 1. The van der Waals surface area contributed by atoms with E-state index < -0.39 is 0 Å². The van der Waals surface area contributed by atoms with Gasteiger partial charge in [0.1, 0.15) is 0 Å². The summed E-state index contributed by atoms with van der Waals surface area (Å²) in [5.41, 5.74) is 8.06. The molecule has 1 aromatic carbocycles. The second-order valence-corrected chi connectivity index (χ2v) is 6.49. The van der Waals surface area contributed by atoms with Crippen LogP contribution < -0.4 is 5.32 Å². The number of nitrogens with zero attached hydrogens (tertiary/aromatic N) is 1. The molecule has 0 saturated carbocycles. The summed E-state index contributed by atoms with van der Waals surface area (Å²) < 4.78 is 0. The predicted octanol–water partition coefficient (Wildman–Crippen LogP) is 6.19. The van der Waals surface area contributed by atoms with Gasteiger partial charge in [-0.2, -0.15) is 0 Å². The molecule has 0 aliphatic carbocycles. The van der Waals surface area contributed by atoms with Gasteiger partial charge in [-0.15, -0.1) is 0 Å². The Kier molecular flexibility index (Phi) is 8.44. The van der Waals surface area contributed by atoms with E-state index in [1.54, 1.807) is 0 Å². The fraction of sp³-hybridized carbons (Fsp3) is 0.391. The first-order valence-electron chi connectivity index (χ1n) is 9.11. The van der Waals surface area contributed by atoms with Crippen LogP contribution in [-0.4, -0.2) is 24.5 Å². The maximum atomic E-state index is 4.28. The van der Waals surface area contributed by atoms with Crippen LogP contribution in [-0.2, 0) is 0 Å². The third kappa shape index (κ3) is 6.06. The van der Waals surface area contributed by atoms with Gasteiger partial charge in [-0.05, 0) is 69.1 Å². The Balaban J connectivity index is 2.99. The van der Waals surface area contributed by atoms with Gasteiger partial charge in [0.2, 0.25) is 0 Å². The normalized spacial score (nSPS) is 12.4. The molecule has 0 bridgehead atoms. The number of anilines is 1. The van der Waals surface area contributed by atoms with E-state index in [-0.39, 0.29) is 0 Å². The first-order chi connectivity index (χ1) is 11.8. The van der Waals surface area contributed by atoms with Gasteiger partial charge in [0.15, 0.2) is 0 Å². The molecule has 1 rings (SSSR count). The van der Waals surface area contributed by atoms with Crippen LogP contribution in [0.25, 0.3) is 5.57 Å². The number of hydrogen-bond donors (Lipinski definition) is 1. The van der Waals surface area contributed by atoms with Crippen LogP contribution in [0.5, 0.6) is 0 Å². The monoisotopic (exact) mass is 338 g/mol. The number of rotatable bonds is 9. The molecule has 0 amide bonds. The number of hydrogen-bond acceptors (Lipinski definition) is 2. The Bertz CT molecular complexity index is 673. The molecular weight excluding hydrogens is 304 g/mol. The van der Waals surface area contributed by atoms with E-state index in [4.69, 9.17) is 0 Å². The summed E-state index contributed by atoms with van der Waals surface area (Å²) in [6.45, 7) is 24.2. The van der Waals surface area contributed by atoms with Crippen molar-refractivity contribution in [2.45, 2.75) is 41.5 Å². The maximum Gasteiger partial charge on any atom is 0.0417 e. The Morgan fingerprint density at radius 3 is 2.32 bits per heavy atom. The van der Waals surface area contributed by atoms with Gasteiger partial charge in [-0.3, -0.25) is 4.90 Å². The molecule has 25 heavy (non-hydrogen) atoms. The highest BCUT2D eigenvalue weighted by molar-refractivity contribution is 5.79. The van der Waals surface area contributed by atoms with E-state index in [2.05, 4.69) is 95.3 Å². The lowest BCUT2D eigenvalue weighted by atomic mass is 9.97. The van der Waals surface area contributed by atoms with Crippen molar-refractivity contribution in [3.05, 3.63) is 71.5 Å². The smallest absolute Gasteiger partial charge is 0.0417 e. The highest BCUT2D eigenvalue weighted by atomic mass is 15.1. The molecule has 0 aliphatic heterocycles. The molecule has 1 N–H and O–H groups in total. The highest BCUT2D eigenvalue weighted by Gasteiger charge is 2.08. The molecule has 2 nitrogen and oxygen atoms in total. The molecule has 136 valence electrons. The lowest BCUT2D eigenvalue weighted by Gasteiger charge is -2.21. The molecule has 0 aromatic heterocycles. The Morgan fingerprint density at radius 1 is 1.12 bits per heavy atom. The standard InChI is InChI=1S/C23H34N2/c1-9-17(4)18(5)15-19(6)22-13-12-14-23(21(22)8)24-20(7)16-25(10-2)11-3/h9,12-15,24H,6-7,10-11,16H2,1-5,8H3/b17-9-,18-15-. The second-order valence-electron chi connectivity index (χ2n) is 6.49. The van der Waals surface area contributed by atoms with Gasteiger partial charge in [-0.25, -0.2) is 0 Å². The average molecular weight is 339 g/mol. The number of benzene rings is 1. The third-order valence-corrected chi connectivity index (χ3v) is 4.75. The van der Waals surface area contributed by atoms with Gasteiger partial charge < -0.3 is 5.32 Å². The first kappa shape index (κ1) is 21.0. The van der Waals surface area contributed by atoms with E-state index >= 15 is 0 Å². The summed E-state index contributed by atoms with van der Waals surface area (Å²) in [5, 5.41) is 3.48. The van der Waals surface area contributed by atoms with E-state index in [1.807, 2.05) is 0 Å². The summed E-state index contributed by atoms with van der Waals surface area (Å²) in [6.07, 6.45) is 4.29. The zero-order valence-electron chi connectivity index (χ0n) is 16.9. The maximum absolute atomic E-state index is 4.28. The lowest BCUT2D eigenvalue weighted by molar-refractivity contribution is 0.331. The van der Waals surface area contributed by atoms with Gasteiger partial charge >= 0.3 is 0 Å². The number of likely N-dealkylation sites (N-methyl/N-ethyl adjacent to an activating group) is 1.